The number of amides is 1. The third-order valence-electron chi connectivity index (χ3n) is 3.73. The Balaban J connectivity index is 2.02. The first-order valence-corrected chi connectivity index (χ1v) is 9.81. The smallest absolute Gasteiger partial charge is 0.251 e. The molecule has 9 heteroatoms. The topological polar surface area (TPSA) is 101 Å². The number of aromatic nitrogens is 1. The molecule has 0 aliphatic heterocycles. The Morgan fingerprint density at radius 3 is 2.63 bits per heavy atom. The highest BCUT2D eigenvalue weighted by atomic mass is 32.2. The van der Waals surface area contributed by atoms with E-state index in [9.17, 15) is 13.2 Å². The summed E-state index contributed by atoms with van der Waals surface area (Å²) in [6, 6.07) is 9.63. The number of nitrogens with zero attached hydrogens (tertiary/aromatic N) is 2. The van der Waals surface area contributed by atoms with Gasteiger partial charge in [-0.05, 0) is 29.8 Å². The maximum atomic E-state index is 12.4. The summed E-state index contributed by atoms with van der Waals surface area (Å²) in [6.45, 7) is 0.716. The minimum absolute atomic E-state index is 0.0308. The van der Waals surface area contributed by atoms with Crippen molar-refractivity contribution in [3.05, 3.63) is 53.7 Å². The first-order valence-electron chi connectivity index (χ1n) is 8.32. The molecule has 0 unspecified atom stereocenters. The molecule has 27 heavy (non-hydrogen) atoms. The molecule has 1 aromatic heterocycles. The van der Waals surface area contributed by atoms with Crippen LogP contribution in [0.4, 0.5) is 5.82 Å². The molecule has 2 aromatic rings. The standard InChI is InChI=1S/C18H24N4O4S/c1-22(2)17-8-7-14(12-19-17)13-20-18(23)15-5-4-6-16(11-15)27(24,25)21-9-10-26-3/h4-8,11-12,21H,9-10,13H2,1-3H3,(H,20,23). The van der Waals surface area contributed by atoms with Gasteiger partial charge in [-0.2, -0.15) is 0 Å². The third kappa shape index (κ3) is 6.02. The summed E-state index contributed by atoms with van der Waals surface area (Å²) in [4.78, 5) is 18.6. The van der Waals surface area contributed by atoms with Crippen LogP contribution in [-0.4, -0.2) is 53.7 Å². The lowest BCUT2D eigenvalue weighted by molar-refractivity contribution is 0.0950. The fourth-order valence-corrected chi connectivity index (χ4v) is 3.29. The molecule has 0 radical (unpaired) electrons. The number of carbonyl (C=O) groups excluding carboxylic acids is 1. The maximum Gasteiger partial charge on any atom is 0.251 e. The van der Waals surface area contributed by atoms with Crippen LogP contribution in [-0.2, 0) is 21.3 Å². The lowest BCUT2D eigenvalue weighted by Crippen LogP contribution is -2.28. The first kappa shape index (κ1) is 20.8. The normalized spacial score (nSPS) is 11.2. The van der Waals surface area contributed by atoms with Crippen LogP contribution in [0.25, 0.3) is 0 Å². The Hall–Kier alpha value is -2.49. The average molecular weight is 392 g/mol. The average Bonchev–Trinajstić information content (AvgIpc) is 2.66. The van der Waals surface area contributed by atoms with Gasteiger partial charge in [0, 0.05) is 46.1 Å². The molecule has 1 amide bonds. The molecule has 0 spiro atoms. The van der Waals surface area contributed by atoms with Gasteiger partial charge in [-0.1, -0.05) is 12.1 Å². The minimum Gasteiger partial charge on any atom is -0.383 e. The number of methoxy groups -OCH3 is 1. The second-order valence-electron chi connectivity index (χ2n) is 6.02. The molecule has 0 aliphatic rings. The van der Waals surface area contributed by atoms with Gasteiger partial charge in [-0.15, -0.1) is 0 Å². The maximum absolute atomic E-state index is 12.4. The van der Waals surface area contributed by atoms with Gasteiger partial charge in [0.15, 0.2) is 0 Å². The molecule has 0 atom stereocenters. The van der Waals surface area contributed by atoms with Gasteiger partial charge >= 0.3 is 0 Å². The molecule has 2 N–H and O–H groups in total. The first-order chi connectivity index (χ1) is 12.8. The number of rotatable bonds is 9. The fourth-order valence-electron chi connectivity index (χ4n) is 2.24. The van der Waals surface area contributed by atoms with Crippen molar-refractivity contribution in [1.29, 1.82) is 0 Å². The summed E-state index contributed by atoms with van der Waals surface area (Å²) in [5.41, 5.74) is 1.11. The Morgan fingerprint density at radius 2 is 2.00 bits per heavy atom. The highest BCUT2D eigenvalue weighted by molar-refractivity contribution is 7.89. The summed E-state index contributed by atoms with van der Waals surface area (Å²) in [7, 11) is 1.59. The molecule has 8 nitrogen and oxygen atoms in total. The fraction of sp³-hybridized carbons (Fsp3) is 0.333. The Morgan fingerprint density at radius 1 is 1.22 bits per heavy atom. The van der Waals surface area contributed by atoms with Gasteiger partial charge in [0.1, 0.15) is 5.82 Å². The van der Waals surface area contributed by atoms with Crippen LogP contribution in [0.1, 0.15) is 15.9 Å². The van der Waals surface area contributed by atoms with Crippen LogP contribution in [0, 0.1) is 0 Å². The highest BCUT2D eigenvalue weighted by Crippen LogP contribution is 2.12. The molecule has 146 valence electrons. The van der Waals surface area contributed by atoms with Gasteiger partial charge < -0.3 is 15.0 Å². The molecule has 0 bridgehead atoms. The summed E-state index contributed by atoms with van der Waals surface area (Å²) in [5, 5.41) is 2.77. The van der Waals surface area contributed by atoms with Gasteiger partial charge in [0.25, 0.3) is 5.91 Å². The van der Waals surface area contributed by atoms with Crippen molar-refractivity contribution >= 4 is 21.7 Å². The molecule has 0 saturated carbocycles. The predicted molar refractivity (Wildman–Crippen MR) is 103 cm³/mol. The van der Waals surface area contributed by atoms with Crippen molar-refractivity contribution in [3.8, 4) is 0 Å². The van der Waals surface area contributed by atoms with E-state index in [0.717, 1.165) is 11.4 Å². The van der Waals surface area contributed by atoms with Crippen LogP contribution < -0.4 is 14.9 Å². The Labute approximate surface area is 159 Å². The number of hydrogen-bond donors (Lipinski definition) is 2. The molecular formula is C18H24N4O4S. The van der Waals surface area contributed by atoms with E-state index in [-0.39, 0.29) is 29.5 Å². The molecule has 0 fully saturated rings. The highest BCUT2D eigenvalue weighted by Gasteiger charge is 2.15. The quantitative estimate of drug-likeness (QED) is 0.618. The summed E-state index contributed by atoms with van der Waals surface area (Å²) < 4.78 is 31.7. The van der Waals surface area contributed by atoms with Gasteiger partial charge in [0.05, 0.1) is 11.5 Å². The second kappa shape index (κ2) is 9.45. The summed E-state index contributed by atoms with van der Waals surface area (Å²) in [5.74, 6) is 0.463. The number of ether oxygens (including phenoxy) is 1. The van der Waals surface area contributed by atoms with E-state index in [4.69, 9.17) is 4.74 Å². The van der Waals surface area contributed by atoms with Crippen molar-refractivity contribution in [1.82, 2.24) is 15.0 Å². The van der Waals surface area contributed by atoms with Crippen LogP contribution in [0.5, 0.6) is 0 Å². The largest absolute Gasteiger partial charge is 0.383 e. The van der Waals surface area contributed by atoms with Crippen LogP contribution in [0.3, 0.4) is 0 Å². The van der Waals surface area contributed by atoms with Crippen molar-refractivity contribution < 1.29 is 17.9 Å². The van der Waals surface area contributed by atoms with E-state index in [1.165, 1.54) is 25.3 Å². The lowest BCUT2D eigenvalue weighted by Gasteiger charge is -2.12. The van der Waals surface area contributed by atoms with Crippen molar-refractivity contribution in [2.75, 3.05) is 39.3 Å². The SMILES string of the molecule is COCCNS(=O)(=O)c1cccc(C(=O)NCc2ccc(N(C)C)nc2)c1. The van der Waals surface area contributed by atoms with E-state index < -0.39 is 10.0 Å². The zero-order valence-electron chi connectivity index (χ0n) is 15.6. The molecular weight excluding hydrogens is 368 g/mol. The summed E-state index contributed by atoms with van der Waals surface area (Å²) in [6.07, 6.45) is 1.69. The van der Waals surface area contributed by atoms with E-state index in [1.807, 2.05) is 31.1 Å². The second-order valence-corrected chi connectivity index (χ2v) is 7.79. The zero-order valence-corrected chi connectivity index (χ0v) is 16.4. The van der Waals surface area contributed by atoms with Crippen LogP contribution in [0.15, 0.2) is 47.5 Å². The minimum atomic E-state index is -3.69. The van der Waals surface area contributed by atoms with Crippen molar-refractivity contribution in [2.24, 2.45) is 0 Å². The van der Waals surface area contributed by atoms with Gasteiger partial charge in [0.2, 0.25) is 10.0 Å². The molecule has 0 saturated heterocycles. The molecule has 2 rings (SSSR count). The van der Waals surface area contributed by atoms with Gasteiger partial charge in [-0.25, -0.2) is 18.1 Å². The van der Waals surface area contributed by atoms with Crippen LogP contribution in [0.2, 0.25) is 0 Å². The number of hydrogen-bond acceptors (Lipinski definition) is 6. The van der Waals surface area contributed by atoms with Crippen molar-refractivity contribution in [2.45, 2.75) is 11.4 Å². The predicted octanol–water partition coefficient (Wildman–Crippen LogP) is 1.00. The van der Waals surface area contributed by atoms with E-state index >= 15 is 0 Å². The van der Waals surface area contributed by atoms with Crippen molar-refractivity contribution in [3.63, 3.8) is 0 Å². The van der Waals surface area contributed by atoms with E-state index in [2.05, 4.69) is 15.0 Å². The number of pyridine rings is 1. The Bertz CT molecular complexity index is 867. The lowest BCUT2D eigenvalue weighted by atomic mass is 10.2. The monoisotopic (exact) mass is 392 g/mol. The molecule has 0 aliphatic carbocycles. The number of nitrogens with one attached hydrogen (secondary N) is 2. The number of benzene rings is 1. The zero-order chi connectivity index (χ0) is 19.9. The summed E-state index contributed by atoms with van der Waals surface area (Å²) >= 11 is 0. The Kier molecular flexibility index (Phi) is 7.28. The van der Waals surface area contributed by atoms with E-state index in [1.54, 1.807) is 12.3 Å². The van der Waals surface area contributed by atoms with Crippen LogP contribution >= 0.6 is 0 Å². The van der Waals surface area contributed by atoms with Gasteiger partial charge in [-0.3, -0.25) is 4.79 Å². The number of carbonyl (C=O) groups is 1. The number of sulfonamides is 1. The molecule has 1 aromatic carbocycles. The third-order valence-corrected chi connectivity index (χ3v) is 5.18. The number of anilines is 1. The molecule has 1 heterocycles. The van der Waals surface area contributed by atoms with E-state index in [0.29, 0.717) is 6.54 Å².